The maximum Gasteiger partial charge on any atom is 0.283 e. The van der Waals surface area contributed by atoms with Gasteiger partial charge < -0.3 is 9.47 Å². The summed E-state index contributed by atoms with van der Waals surface area (Å²) in [6.07, 6.45) is 1.70. The van der Waals surface area contributed by atoms with Gasteiger partial charge in [0.2, 0.25) is 0 Å². The molecule has 0 spiro atoms. The van der Waals surface area contributed by atoms with Crippen molar-refractivity contribution in [1.82, 2.24) is 5.01 Å². The summed E-state index contributed by atoms with van der Waals surface area (Å²) in [6.45, 7) is 2.12. The molecule has 4 rings (SSSR count). The van der Waals surface area contributed by atoms with E-state index < -0.39 is 11.8 Å². The Morgan fingerprint density at radius 3 is 2.34 bits per heavy atom. The Balaban J connectivity index is 1.53. The monoisotopic (exact) mass is 426 g/mol. The van der Waals surface area contributed by atoms with Crippen molar-refractivity contribution in [2.45, 2.75) is 13.5 Å². The third kappa shape index (κ3) is 4.44. The number of imide groups is 1. The van der Waals surface area contributed by atoms with Crippen LogP contribution < -0.4 is 9.47 Å². The second kappa shape index (κ2) is 9.31. The molecule has 1 aliphatic rings. The van der Waals surface area contributed by atoms with Crippen LogP contribution in [-0.2, 0) is 11.4 Å². The minimum atomic E-state index is -0.459. The second-order valence-corrected chi connectivity index (χ2v) is 7.22. The summed E-state index contributed by atoms with van der Waals surface area (Å²) < 4.78 is 11.4. The summed E-state index contributed by atoms with van der Waals surface area (Å²) in [7, 11) is 1.56. The van der Waals surface area contributed by atoms with Gasteiger partial charge in [0.15, 0.2) is 11.5 Å². The molecule has 1 heterocycles. The molecule has 0 aromatic heterocycles. The fourth-order valence-corrected chi connectivity index (χ4v) is 3.32. The van der Waals surface area contributed by atoms with E-state index in [1.165, 1.54) is 0 Å². The van der Waals surface area contributed by atoms with Crippen molar-refractivity contribution in [1.29, 1.82) is 0 Å². The third-order valence-electron chi connectivity index (χ3n) is 5.01. The number of benzene rings is 3. The summed E-state index contributed by atoms with van der Waals surface area (Å²) in [5.41, 5.74) is 3.02. The van der Waals surface area contributed by atoms with Gasteiger partial charge in [0.1, 0.15) is 6.61 Å². The highest BCUT2D eigenvalue weighted by molar-refractivity contribution is 6.30. The topological polar surface area (TPSA) is 68.2 Å². The van der Waals surface area contributed by atoms with Crippen molar-refractivity contribution in [2.24, 2.45) is 5.10 Å². The van der Waals surface area contributed by atoms with Crippen LogP contribution in [0.5, 0.6) is 11.5 Å². The summed E-state index contributed by atoms with van der Waals surface area (Å²) in [4.78, 5) is 25.6. The lowest BCUT2D eigenvalue weighted by molar-refractivity contribution is -0.123. The van der Waals surface area contributed by atoms with Crippen molar-refractivity contribution < 1.29 is 19.1 Å². The van der Waals surface area contributed by atoms with Gasteiger partial charge in [0.25, 0.3) is 11.8 Å². The molecule has 2 amide bonds. The van der Waals surface area contributed by atoms with Crippen molar-refractivity contribution in [3.8, 4) is 11.5 Å². The van der Waals surface area contributed by atoms with Crippen molar-refractivity contribution in [2.75, 3.05) is 7.11 Å². The molecule has 0 aliphatic carbocycles. The molecular formula is C26H22N2O4. The number of rotatable bonds is 6. The van der Waals surface area contributed by atoms with Gasteiger partial charge in [-0.05, 0) is 48.4 Å². The zero-order chi connectivity index (χ0) is 22.5. The zero-order valence-corrected chi connectivity index (χ0v) is 17.8. The van der Waals surface area contributed by atoms with Crippen LogP contribution in [0, 0.1) is 0 Å². The van der Waals surface area contributed by atoms with Crippen LogP contribution in [0.3, 0.4) is 0 Å². The normalized spacial score (nSPS) is 14.4. The van der Waals surface area contributed by atoms with Gasteiger partial charge in [0.05, 0.1) is 18.4 Å². The highest BCUT2D eigenvalue weighted by Gasteiger charge is 2.32. The number of hydrogen-bond donors (Lipinski definition) is 0. The molecule has 160 valence electrons. The van der Waals surface area contributed by atoms with E-state index in [4.69, 9.17) is 9.47 Å². The fraction of sp³-hybridized carbons (Fsp3) is 0.115. The highest BCUT2D eigenvalue weighted by Crippen LogP contribution is 2.30. The number of hydrogen-bond acceptors (Lipinski definition) is 5. The van der Waals surface area contributed by atoms with Crippen LogP contribution in [-0.4, -0.2) is 29.6 Å². The highest BCUT2D eigenvalue weighted by atomic mass is 16.5. The SMILES string of the molecule is COc1cc(/C=C2/C(=O)N(C(=O)c3ccccc3)N=C2C)ccc1OCc1ccccc1. The Kier molecular flexibility index (Phi) is 6.12. The molecule has 32 heavy (non-hydrogen) atoms. The molecule has 0 N–H and O–H groups in total. The van der Waals surface area contributed by atoms with Gasteiger partial charge in [0, 0.05) is 5.56 Å². The van der Waals surface area contributed by atoms with E-state index in [1.54, 1.807) is 56.5 Å². The number of carbonyl (C=O) groups is 2. The van der Waals surface area contributed by atoms with Crippen LogP contribution in [0.4, 0.5) is 0 Å². The fourth-order valence-electron chi connectivity index (χ4n) is 3.32. The lowest BCUT2D eigenvalue weighted by Gasteiger charge is -2.12. The van der Waals surface area contributed by atoms with E-state index in [2.05, 4.69) is 5.10 Å². The number of hydrazone groups is 1. The molecule has 3 aromatic carbocycles. The Morgan fingerprint density at radius 2 is 1.66 bits per heavy atom. The molecule has 0 saturated carbocycles. The Morgan fingerprint density at radius 1 is 0.969 bits per heavy atom. The minimum Gasteiger partial charge on any atom is -0.493 e. The van der Waals surface area contributed by atoms with Crippen LogP contribution >= 0.6 is 0 Å². The van der Waals surface area contributed by atoms with E-state index >= 15 is 0 Å². The lowest BCUT2D eigenvalue weighted by Crippen LogP contribution is -2.29. The molecule has 0 fully saturated rings. The smallest absolute Gasteiger partial charge is 0.283 e. The van der Waals surface area contributed by atoms with Crippen LogP contribution in [0.1, 0.15) is 28.4 Å². The average molecular weight is 426 g/mol. The lowest BCUT2D eigenvalue weighted by atomic mass is 10.1. The number of ether oxygens (including phenoxy) is 2. The van der Waals surface area contributed by atoms with Gasteiger partial charge in [-0.15, -0.1) is 0 Å². The molecule has 1 aliphatic heterocycles. The number of methoxy groups -OCH3 is 1. The van der Waals surface area contributed by atoms with Crippen molar-refractivity contribution >= 4 is 23.6 Å². The predicted octanol–water partition coefficient (Wildman–Crippen LogP) is 4.72. The quantitative estimate of drug-likeness (QED) is 0.423. The molecule has 0 radical (unpaired) electrons. The molecule has 6 nitrogen and oxygen atoms in total. The minimum absolute atomic E-state index is 0.356. The largest absolute Gasteiger partial charge is 0.493 e. The first kappa shape index (κ1) is 21.1. The maximum absolute atomic E-state index is 12.9. The summed E-state index contributed by atoms with van der Waals surface area (Å²) >= 11 is 0. The summed E-state index contributed by atoms with van der Waals surface area (Å²) in [5, 5.41) is 5.08. The predicted molar refractivity (Wildman–Crippen MR) is 122 cm³/mol. The summed E-state index contributed by atoms with van der Waals surface area (Å²) in [6, 6.07) is 23.9. The Bertz CT molecular complexity index is 1200. The first-order valence-electron chi connectivity index (χ1n) is 10.1. The van der Waals surface area contributed by atoms with E-state index in [9.17, 15) is 9.59 Å². The first-order chi connectivity index (χ1) is 15.6. The van der Waals surface area contributed by atoms with E-state index in [1.807, 2.05) is 42.5 Å². The molecule has 0 atom stereocenters. The molecule has 0 unspecified atom stereocenters. The van der Waals surface area contributed by atoms with E-state index in [0.717, 1.165) is 16.1 Å². The Hall–Kier alpha value is -4.19. The zero-order valence-electron chi connectivity index (χ0n) is 17.8. The number of nitrogens with zero attached hydrogens (tertiary/aromatic N) is 2. The molecule has 0 saturated heterocycles. The molecule has 6 heteroatoms. The van der Waals surface area contributed by atoms with Gasteiger partial charge in [-0.3, -0.25) is 9.59 Å². The van der Waals surface area contributed by atoms with Gasteiger partial charge >= 0.3 is 0 Å². The molecule has 0 bridgehead atoms. The van der Waals surface area contributed by atoms with Crippen molar-refractivity contribution in [3.63, 3.8) is 0 Å². The van der Waals surface area contributed by atoms with Gasteiger partial charge in [-0.25, -0.2) is 0 Å². The maximum atomic E-state index is 12.9. The molecule has 3 aromatic rings. The summed E-state index contributed by atoms with van der Waals surface area (Å²) in [5.74, 6) is 0.232. The van der Waals surface area contributed by atoms with Crippen molar-refractivity contribution in [3.05, 3.63) is 101 Å². The van der Waals surface area contributed by atoms with Crippen LogP contribution in [0.15, 0.2) is 89.5 Å². The average Bonchev–Trinajstić information content (AvgIpc) is 3.12. The standard InChI is InChI=1S/C26H22N2O4/c1-18-22(26(30)28(27-18)25(29)21-11-7-4-8-12-21)15-20-13-14-23(24(16-20)31-2)32-17-19-9-5-3-6-10-19/h3-16H,17H2,1-2H3/b22-15+. The number of carbonyl (C=O) groups excluding carboxylic acids is 2. The second-order valence-electron chi connectivity index (χ2n) is 7.22. The van der Waals surface area contributed by atoms with Crippen LogP contribution in [0.2, 0.25) is 0 Å². The Labute approximate surface area is 186 Å². The van der Waals surface area contributed by atoms with Gasteiger partial charge in [-0.1, -0.05) is 54.6 Å². The first-order valence-corrected chi connectivity index (χ1v) is 10.1. The van der Waals surface area contributed by atoms with E-state index in [0.29, 0.717) is 35.0 Å². The van der Waals surface area contributed by atoms with Crippen LogP contribution in [0.25, 0.3) is 6.08 Å². The third-order valence-corrected chi connectivity index (χ3v) is 5.01. The number of amides is 2. The van der Waals surface area contributed by atoms with E-state index in [-0.39, 0.29) is 0 Å². The van der Waals surface area contributed by atoms with Gasteiger partial charge in [-0.2, -0.15) is 10.1 Å². The molecular weight excluding hydrogens is 404 g/mol.